The fourth-order valence-electron chi connectivity index (χ4n) is 1.15. The van der Waals surface area contributed by atoms with Crippen molar-refractivity contribution in [2.24, 2.45) is 0 Å². The zero-order valence-corrected chi connectivity index (χ0v) is 11.7. The Morgan fingerprint density at radius 2 is 2.17 bits per heavy atom. The van der Waals surface area contributed by atoms with Crippen molar-refractivity contribution >= 4 is 21.5 Å². The van der Waals surface area contributed by atoms with Gasteiger partial charge < -0.3 is 5.11 Å². The first-order valence-corrected chi connectivity index (χ1v) is 7.80. The molecule has 1 aromatic heterocycles. The number of nitrogens with one attached hydrogen (secondary N) is 2. The Balaban J connectivity index is 2.53. The number of hydrogen-bond acceptors (Lipinski definition) is 4. The molecule has 0 atom stereocenters. The highest BCUT2D eigenvalue weighted by Gasteiger charge is 2.07. The minimum atomic E-state index is -3.40. The van der Waals surface area contributed by atoms with Crippen molar-refractivity contribution in [1.29, 1.82) is 0 Å². The smallest absolute Gasteiger partial charge is 0.277 e. The summed E-state index contributed by atoms with van der Waals surface area (Å²) in [4.78, 5) is 1.76. The van der Waals surface area contributed by atoms with Gasteiger partial charge in [-0.05, 0) is 12.1 Å². The molecule has 3 N–H and O–H groups in total. The summed E-state index contributed by atoms with van der Waals surface area (Å²) < 4.78 is 27.5. The van der Waals surface area contributed by atoms with Gasteiger partial charge in [-0.15, -0.1) is 11.3 Å². The molecule has 1 rings (SSSR count). The molecule has 1 aromatic rings. The van der Waals surface area contributed by atoms with E-state index in [0.717, 1.165) is 9.75 Å². The minimum absolute atomic E-state index is 0.0493. The molecule has 1 heterocycles. The van der Waals surface area contributed by atoms with Gasteiger partial charge in [0.05, 0.1) is 11.5 Å². The molecule has 0 aliphatic carbocycles. The van der Waals surface area contributed by atoms with Gasteiger partial charge >= 0.3 is 0 Å². The van der Waals surface area contributed by atoms with Crippen LogP contribution in [0.15, 0.2) is 12.1 Å². The van der Waals surface area contributed by atoms with Gasteiger partial charge in [-0.1, -0.05) is 18.8 Å². The van der Waals surface area contributed by atoms with Crippen molar-refractivity contribution in [3.63, 3.8) is 0 Å². The Labute approximate surface area is 111 Å². The molecule has 0 unspecified atom stereocenters. The van der Waals surface area contributed by atoms with Crippen LogP contribution in [0.2, 0.25) is 0 Å². The average molecular weight is 288 g/mol. The van der Waals surface area contributed by atoms with Crippen molar-refractivity contribution in [2.45, 2.75) is 19.9 Å². The van der Waals surface area contributed by atoms with Crippen LogP contribution in [0.3, 0.4) is 0 Å². The normalized spacial score (nSPS) is 11.0. The third-order valence-electron chi connectivity index (χ3n) is 1.88. The van der Waals surface area contributed by atoms with Crippen molar-refractivity contribution in [1.82, 2.24) is 9.44 Å². The highest BCUT2D eigenvalue weighted by molar-refractivity contribution is 7.87. The molecule has 0 bridgehead atoms. The third kappa shape index (κ3) is 5.62. The molecule has 0 aliphatic rings. The molecule has 5 nitrogen and oxygen atoms in total. The first-order chi connectivity index (χ1) is 8.57. The second-order valence-electron chi connectivity index (χ2n) is 3.36. The molecule has 0 radical (unpaired) electrons. The molecule has 0 saturated carbocycles. The summed E-state index contributed by atoms with van der Waals surface area (Å²) in [6.07, 6.45) is 0.445. The van der Waals surface area contributed by atoms with Crippen LogP contribution in [0.5, 0.6) is 0 Å². The Morgan fingerprint density at radius 1 is 1.39 bits per heavy atom. The van der Waals surface area contributed by atoms with Gasteiger partial charge in [0.2, 0.25) is 0 Å². The summed E-state index contributed by atoms with van der Waals surface area (Å²) in [6, 6.07) is 3.67. The Kier molecular flexibility index (Phi) is 6.32. The molecule has 18 heavy (non-hydrogen) atoms. The van der Waals surface area contributed by atoms with Gasteiger partial charge in [0, 0.05) is 24.4 Å². The molecule has 0 amide bonds. The fourth-order valence-corrected chi connectivity index (χ4v) is 2.89. The van der Waals surface area contributed by atoms with Gasteiger partial charge in [-0.25, -0.2) is 4.72 Å². The van der Waals surface area contributed by atoms with Gasteiger partial charge in [-0.2, -0.15) is 13.1 Å². The van der Waals surface area contributed by atoms with Crippen molar-refractivity contribution in [2.75, 3.05) is 13.2 Å². The molecular weight excluding hydrogens is 272 g/mol. The summed E-state index contributed by atoms with van der Waals surface area (Å²) in [5.41, 5.74) is 0. The number of rotatable bonds is 6. The predicted octanol–water partition coefficient (Wildman–Crippen LogP) is 0.426. The molecule has 0 aromatic carbocycles. The number of aliphatic hydroxyl groups is 1. The van der Waals surface area contributed by atoms with Crippen LogP contribution in [0.25, 0.3) is 0 Å². The molecular formula is C11H16N2O3S2. The zero-order chi connectivity index (χ0) is 13.4. The third-order valence-corrected chi connectivity index (χ3v) is 4.07. The van der Waals surface area contributed by atoms with E-state index in [-0.39, 0.29) is 13.2 Å². The Hall–Kier alpha value is -0.910. The van der Waals surface area contributed by atoms with E-state index < -0.39 is 10.2 Å². The lowest BCUT2D eigenvalue weighted by Crippen LogP contribution is -2.35. The summed E-state index contributed by atoms with van der Waals surface area (Å²) in [6.45, 7) is 2.38. The summed E-state index contributed by atoms with van der Waals surface area (Å²) in [5, 5.41) is 8.59. The van der Waals surface area contributed by atoms with E-state index in [0.29, 0.717) is 13.0 Å². The highest BCUT2D eigenvalue weighted by atomic mass is 32.2. The van der Waals surface area contributed by atoms with Crippen LogP contribution in [-0.4, -0.2) is 26.7 Å². The van der Waals surface area contributed by atoms with Crippen LogP contribution in [0, 0.1) is 11.8 Å². The summed E-state index contributed by atoms with van der Waals surface area (Å²) >= 11 is 1.43. The molecule has 0 fully saturated rings. The number of aliphatic hydroxyl groups excluding tert-OH is 1. The van der Waals surface area contributed by atoms with E-state index in [9.17, 15) is 8.42 Å². The van der Waals surface area contributed by atoms with Gasteiger partial charge in [-0.3, -0.25) is 0 Å². The van der Waals surface area contributed by atoms with E-state index in [1.807, 2.05) is 12.1 Å². The van der Waals surface area contributed by atoms with E-state index in [1.165, 1.54) is 11.3 Å². The lowest BCUT2D eigenvalue weighted by Gasteiger charge is -2.04. The monoisotopic (exact) mass is 288 g/mol. The average Bonchev–Trinajstić information content (AvgIpc) is 2.75. The van der Waals surface area contributed by atoms with E-state index in [4.69, 9.17) is 5.11 Å². The van der Waals surface area contributed by atoms with E-state index in [1.54, 1.807) is 6.92 Å². The summed E-state index contributed by atoms with van der Waals surface area (Å²) in [7, 11) is -3.40. The molecule has 7 heteroatoms. The van der Waals surface area contributed by atoms with E-state index >= 15 is 0 Å². The maximum atomic E-state index is 11.3. The van der Waals surface area contributed by atoms with Crippen LogP contribution >= 0.6 is 11.3 Å². The lowest BCUT2D eigenvalue weighted by atomic mass is 10.4. The predicted molar refractivity (Wildman–Crippen MR) is 72.3 cm³/mol. The maximum absolute atomic E-state index is 11.3. The lowest BCUT2D eigenvalue weighted by molar-refractivity contribution is 0.305. The zero-order valence-electron chi connectivity index (χ0n) is 10.1. The van der Waals surface area contributed by atoms with Crippen molar-refractivity contribution in [3.8, 4) is 11.8 Å². The molecule has 100 valence electrons. The first kappa shape index (κ1) is 15.1. The molecule has 0 saturated heterocycles. The largest absolute Gasteiger partial charge is 0.395 e. The number of hydrogen-bond donors (Lipinski definition) is 3. The quantitative estimate of drug-likeness (QED) is 0.664. The first-order valence-electron chi connectivity index (χ1n) is 5.50. The highest BCUT2D eigenvalue weighted by Crippen LogP contribution is 2.15. The molecule has 0 spiro atoms. The number of thiophene rings is 1. The van der Waals surface area contributed by atoms with Crippen LogP contribution < -0.4 is 9.44 Å². The second-order valence-corrected chi connectivity index (χ2v) is 6.12. The maximum Gasteiger partial charge on any atom is 0.277 e. The van der Waals surface area contributed by atoms with Crippen LogP contribution in [-0.2, 0) is 16.8 Å². The van der Waals surface area contributed by atoms with Gasteiger partial charge in [0.1, 0.15) is 0 Å². The van der Waals surface area contributed by atoms with Crippen LogP contribution in [0.1, 0.15) is 23.1 Å². The Morgan fingerprint density at radius 3 is 2.83 bits per heavy atom. The van der Waals surface area contributed by atoms with E-state index in [2.05, 4.69) is 21.3 Å². The van der Waals surface area contributed by atoms with Gasteiger partial charge in [0.25, 0.3) is 10.2 Å². The van der Waals surface area contributed by atoms with Crippen LogP contribution in [0.4, 0.5) is 0 Å². The van der Waals surface area contributed by atoms with Crippen molar-refractivity contribution < 1.29 is 13.5 Å². The summed E-state index contributed by atoms with van der Waals surface area (Å²) in [5.74, 6) is 5.72. The topological polar surface area (TPSA) is 78.4 Å². The van der Waals surface area contributed by atoms with Crippen molar-refractivity contribution in [3.05, 3.63) is 21.9 Å². The van der Waals surface area contributed by atoms with Gasteiger partial charge in [0.15, 0.2) is 0 Å². The molecule has 0 aliphatic heterocycles. The second kappa shape index (κ2) is 7.51. The standard InChI is InChI=1S/C11H16N2O3S2/c1-2-12-18(15,16)13-9-11-7-6-10(17-11)5-3-4-8-14/h6-7,12-14H,2,4,8-9H2,1H3. The Bertz CT molecular complexity index is 526. The fraction of sp³-hybridized carbons (Fsp3) is 0.455. The minimum Gasteiger partial charge on any atom is -0.395 e. The SMILES string of the molecule is CCNS(=O)(=O)NCc1ccc(C#CCCO)s1.